The Balaban J connectivity index is 2.33. The van der Waals surface area contributed by atoms with Gasteiger partial charge in [-0.15, -0.1) is 0 Å². The van der Waals surface area contributed by atoms with Crippen molar-refractivity contribution < 1.29 is 4.39 Å². The molecular formula is C13H16ClFN6. The summed E-state index contributed by atoms with van der Waals surface area (Å²) in [7, 11) is 3.65. The van der Waals surface area contributed by atoms with E-state index in [-0.39, 0.29) is 0 Å². The fourth-order valence-corrected chi connectivity index (χ4v) is 1.83. The smallest absolute Gasteiger partial charge is 0.233 e. The van der Waals surface area contributed by atoms with Crippen LogP contribution in [0, 0.1) is 5.82 Å². The second kappa shape index (κ2) is 6.53. The van der Waals surface area contributed by atoms with Crippen molar-refractivity contribution in [2.24, 2.45) is 0 Å². The van der Waals surface area contributed by atoms with Gasteiger partial charge >= 0.3 is 0 Å². The van der Waals surface area contributed by atoms with Crippen LogP contribution in [0.5, 0.6) is 0 Å². The predicted octanol–water partition coefficient (Wildman–Crippen LogP) is 2.91. The molecule has 0 aliphatic carbocycles. The molecule has 2 rings (SSSR count). The van der Waals surface area contributed by atoms with Crippen molar-refractivity contribution in [3.05, 3.63) is 29.0 Å². The van der Waals surface area contributed by atoms with E-state index >= 15 is 0 Å². The van der Waals surface area contributed by atoms with Gasteiger partial charge in [-0.25, -0.2) is 4.39 Å². The van der Waals surface area contributed by atoms with E-state index in [1.807, 2.05) is 21.0 Å². The number of benzene rings is 1. The molecule has 1 heterocycles. The van der Waals surface area contributed by atoms with E-state index in [1.54, 1.807) is 11.0 Å². The Morgan fingerprint density at radius 3 is 2.48 bits per heavy atom. The highest BCUT2D eigenvalue weighted by Crippen LogP contribution is 2.21. The zero-order chi connectivity index (χ0) is 15.4. The molecule has 1 aromatic heterocycles. The molecule has 0 bridgehead atoms. The summed E-state index contributed by atoms with van der Waals surface area (Å²) in [5.74, 6) is 0.817. The van der Waals surface area contributed by atoms with E-state index in [1.165, 1.54) is 12.1 Å². The Kier molecular flexibility index (Phi) is 4.74. The first kappa shape index (κ1) is 15.2. The first-order valence-electron chi connectivity index (χ1n) is 6.38. The highest BCUT2D eigenvalue weighted by atomic mass is 35.5. The molecule has 6 nitrogen and oxygen atoms in total. The molecule has 0 unspecified atom stereocenters. The Morgan fingerprint density at radius 1 is 1.14 bits per heavy atom. The lowest BCUT2D eigenvalue weighted by molar-refractivity contribution is 0.628. The summed E-state index contributed by atoms with van der Waals surface area (Å²) in [6.45, 7) is 2.63. The standard InChI is InChI=1S/C13H16ClFN6/c1-4-16-11-18-12(20-13(19-11)21(2)3)17-10-6-8(14)5-9(15)7-10/h5-7H,4H2,1-3H3,(H2,16,17,18,19,20). The molecule has 0 spiro atoms. The van der Waals surface area contributed by atoms with Crippen molar-refractivity contribution >= 4 is 35.1 Å². The molecule has 21 heavy (non-hydrogen) atoms. The van der Waals surface area contributed by atoms with E-state index in [2.05, 4.69) is 25.6 Å². The maximum Gasteiger partial charge on any atom is 0.233 e. The maximum absolute atomic E-state index is 13.3. The highest BCUT2D eigenvalue weighted by Gasteiger charge is 2.09. The van der Waals surface area contributed by atoms with E-state index < -0.39 is 5.82 Å². The van der Waals surface area contributed by atoms with Crippen molar-refractivity contribution in [1.82, 2.24) is 15.0 Å². The number of hydrogen-bond acceptors (Lipinski definition) is 6. The summed E-state index contributed by atoms with van der Waals surface area (Å²) in [4.78, 5) is 14.5. The van der Waals surface area contributed by atoms with E-state index in [9.17, 15) is 4.39 Å². The van der Waals surface area contributed by atoms with Gasteiger partial charge in [0.2, 0.25) is 17.8 Å². The first-order valence-corrected chi connectivity index (χ1v) is 6.76. The molecule has 2 N–H and O–H groups in total. The van der Waals surface area contributed by atoms with Crippen LogP contribution >= 0.6 is 11.6 Å². The SMILES string of the molecule is CCNc1nc(Nc2cc(F)cc(Cl)c2)nc(N(C)C)n1. The van der Waals surface area contributed by atoms with Crippen LogP contribution in [0.1, 0.15) is 6.92 Å². The van der Waals surface area contributed by atoms with Gasteiger partial charge in [0.25, 0.3) is 0 Å². The average Bonchev–Trinajstić information content (AvgIpc) is 2.37. The van der Waals surface area contributed by atoms with Crippen LogP contribution in [0.3, 0.4) is 0 Å². The monoisotopic (exact) mass is 310 g/mol. The minimum Gasteiger partial charge on any atom is -0.354 e. The van der Waals surface area contributed by atoms with Crippen molar-refractivity contribution in [1.29, 1.82) is 0 Å². The van der Waals surface area contributed by atoms with Crippen LogP contribution in [0.25, 0.3) is 0 Å². The van der Waals surface area contributed by atoms with E-state index in [4.69, 9.17) is 11.6 Å². The molecule has 112 valence electrons. The lowest BCUT2D eigenvalue weighted by Gasteiger charge is -2.14. The Bertz CT molecular complexity index is 614. The van der Waals surface area contributed by atoms with Crippen LogP contribution in [-0.4, -0.2) is 35.6 Å². The average molecular weight is 311 g/mol. The predicted molar refractivity (Wildman–Crippen MR) is 83.0 cm³/mol. The molecule has 1 aromatic carbocycles. The number of aromatic nitrogens is 3. The van der Waals surface area contributed by atoms with Crippen molar-refractivity contribution in [3.8, 4) is 0 Å². The lowest BCUT2D eigenvalue weighted by Crippen LogP contribution is -2.16. The van der Waals surface area contributed by atoms with Crippen molar-refractivity contribution in [2.75, 3.05) is 36.2 Å². The molecule has 0 saturated carbocycles. The number of nitrogens with one attached hydrogen (secondary N) is 2. The number of rotatable bonds is 5. The number of hydrogen-bond donors (Lipinski definition) is 2. The van der Waals surface area contributed by atoms with Gasteiger partial charge < -0.3 is 15.5 Å². The van der Waals surface area contributed by atoms with E-state index in [0.29, 0.717) is 35.1 Å². The maximum atomic E-state index is 13.3. The summed E-state index contributed by atoms with van der Waals surface area (Å²) < 4.78 is 13.3. The van der Waals surface area contributed by atoms with Crippen LogP contribution in [0.4, 0.5) is 27.9 Å². The molecule has 8 heteroatoms. The molecule has 0 saturated heterocycles. The second-order valence-electron chi connectivity index (χ2n) is 4.49. The largest absolute Gasteiger partial charge is 0.354 e. The van der Waals surface area contributed by atoms with Gasteiger partial charge in [-0.1, -0.05) is 11.6 Å². The Hall–Kier alpha value is -2.15. The van der Waals surface area contributed by atoms with Gasteiger partial charge in [0.1, 0.15) is 5.82 Å². The second-order valence-corrected chi connectivity index (χ2v) is 4.93. The number of anilines is 4. The van der Waals surface area contributed by atoms with Gasteiger partial charge in [-0.2, -0.15) is 15.0 Å². The topological polar surface area (TPSA) is 66.0 Å². The minimum absolute atomic E-state index is 0.297. The van der Waals surface area contributed by atoms with Crippen molar-refractivity contribution in [3.63, 3.8) is 0 Å². The summed E-state index contributed by atoms with van der Waals surface area (Å²) in [6, 6.07) is 4.14. The Labute approximate surface area is 127 Å². The van der Waals surface area contributed by atoms with Crippen LogP contribution in [0.15, 0.2) is 18.2 Å². The molecule has 0 aliphatic rings. The molecule has 0 amide bonds. The zero-order valence-electron chi connectivity index (χ0n) is 12.0. The highest BCUT2D eigenvalue weighted by molar-refractivity contribution is 6.30. The number of nitrogens with zero attached hydrogens (tertiary/aromatic N) is 4. The molecule has 0 atom stereocenters. The van der Waals surface area contributed by atoms with Gasteiger partial charge in [0.05, 0.1) is 0 Å². The van der Waals surface area contributed by atoms with E-state index in [0.717, 1.165) is 0 Å². The number of halogens is 2. The summed E-state index contributed by atoms with van der Waals surface area (Å²) in [5, 5.41) is 6.25. The Morgan fingerprint density at radius 2 is 1.86 bits per heavy atom. The lowest BCUT2D eigenvalue weighted by atomic mass is 10.3. The fourth-order valence-electron chi connectivity index (χ4n) is 1.61. The fraction of sp³-hybridized carbons (Fsp3) is 0.308. The minimum atomic E-state index is -0.432. The molecular weight excluding hydrogens is 295 g/mol. The van der Waals surface area contributed by atoms with Crippen LogP contribution in [-0.2, 0) is 0 Å². The van der Waals surface area contributed by atoms with Gasteiger partial charge in [0.15, 0.2) is 0 Å². The third-order valence-corrected chi connectivity index (χ3v) is 2.70. The summed E-state index contributed by atoms with van der Waals surface area (Å²) >= 11 is 5.83. The third kappa shape index (κ3) is 4.16. The normalized spacial score (nSPS) is 10.3. The van der Waals surface area contributed by atoms with Crippen LogP contribution in [0.2, 0.25) is 5.02 Å². The van der Waals surface area contributed by atoms with Gasteiger partial charge in [-0.3, -0.25) is 0 Å². The summed E-state index contributed by atoms with van der Waals surface area (Å²) in [5.41, 5.74) is 0.471. The van der Waals surface area contributed by atoms with Crippen LogP contribution < -0.4 is 15.5 Å². The van der Waals surface area contributed by atoms with Gasteiger partial charge in [0, 0.05) is 31.4 Å². The molecule has 0 fully saturated rings. The van der Waals surface area contributed by atoms with Crippen molar-refractivity contribution in [2.45, 2.75) is 6.92 Å². The first-order chi connectivity index (χ1) is 9.97. The van der Waals surface area contributed by atoms with Gasteiger partial charge in [-0.05, 0) is 25.1 Å². The third-order valence-electron chi connectivity index (χ3n) is 2.48. The summed E-state index contributed by atoms with van der Waals surface area (Å²) in [6.07, 6.45) is 0. The molecule has 0 radical (unpaired) electrons. The zero-order valence-corrected chi connectivity index (χ0v) is 12.7. The molecule has 2 aromatic rings. The quantitative estimate of drug-likeness (QED) is 0.885. The molecule has 0 aliphatic heterocycles.